The molecule has 1 aliphatic carbocycles. The maximum absolute atomic E-state index is 12.5. The number of methoxy groups -OCH3 is 1. The van der Waals surface area contributed by atoms with E-state index < -0.39 is 0 Å². The van der Waals surface area contributed by atoms with Crippen molar-refractivity contribution in [3.63, 3.8) is 0 Å². The molecular formula is C15H17NO3. The van der Waals surface area contributed by atoms with Gasteiger partial charge >= 0.3 is 0 Å². The van der Waals surface area contributed by atoms with Crippen LogP contribution in [-0.4, -0.2) is 36.8 Å². The number of nitrogens with zero attached hydrogens (tertiary/aromatic N) is 1. The lowest BCUT2D eigenvalue weighted by molar-refractivity contribution is -0.131. The Balaban J connectivity index is 1.93. The van der Waals surface area contributed by atoms with Crippen LogP contribution in [0.4, 0.5) is 0 Å². The molecule has 1 unspecified atom stereocenters. The Morgan fingerprint density at radius 1 is 1.32 bits per heavy atom. The molecule has 3 rings (SSSR count). The van der Waals surface area contributed by atoms with Gasteiger partial charge in [0.25, 0.3) is 0 Å². The highest BCUT2D eigenvalue weighted by atomic mass is 16.5. The maximum atomic E-state index is 12.5. The topological polar surface area (TPSA) is 46.6 Å². The van der Waals surface area contributed by atoms with Gasteiger partial charge in [-0.2, -0.15) is 0 Å². The molecule has 1 saturated heterocycles. The van der Waals surface area contributed by atoms with Gasteiger partial charge in [-0.25, -0.2) is 0 Å². The Labute approximate surface area is 112 Å². The number of hydrogen-bond donors (Lipinski definition) is 0. The molecule has 0 N–H and O–H groups in total. The largest absolute Gasteiger partial charge is 0.497 e. The third-order valence-corrected chi connectivity index (χ3v) is 4.04. The zero-order valence-corrected chi connectivity index (χ0v) is 11.0. The molecule has 1 amide bonds. The number of likely N-dealkylation sites (tertiary alicyclic amines) is 1. The molecule has 0 aromatic heterocycles. The van der Waals surface area contributed by atoms with Crippen molar-refractivity contribution in [2.24, 2.45) is 0 Å². The van der Waals surface area contributed by atoms with Crippen LogP contribution in [0.5, 0.6) is 5.75 Å². The molecule has 0 radical (unpaired) electrons. The monoisotopic (exact) mass is 259 g/mol. The van der Waals surface area contributed by atoms with Crippen molar-refractivity contribution in [3.05, 3.63) is 29.3 Å². The van der Waals surface area contributed by atoms with Crippen molar-refractivity contribution >= 4 is 11.7 Å². The lowest BCUT2D eigenvalue weighted by Crippen LogP contribution is -2.32. The average molecular weight is 259 g/mol. The number of Topliss-reactive ketones (excluding diaryl/α,β-unsaturated/α-hetero) is 1. The summed E-state index contributed by atoms with van der Waals surface area (Å²) in [6.07, 6.45) is 2.44. The summed E-state index contributed by atoms with van der Waals surface area (Å²) in [7, 11) is 1.59. The van der Waals surface area contributed by atoms with Crippen LogP contribution >= 0.6 is 0 Å². The summed E-state index contributed by atoms with van der Waals surface area (Å²) >= 11 is 0. The second-order valence-electron chi connectivity index (χ2n) is 5.17. The minimum Gasteiger partial charge on any atom is -0.497 e. The van der Waals surface area contributed by atoms with Gasteiger partial charge in [0.15, 0.2) is 5.78 Å². The van der Waals surface area contributed by atoms with Crippen LogP contribution in [-0.2, 0) is 4.79 Å². The molecule has 0 spiro atoms. The quantitative estimate of drug-likeness (QED) is 0.816. The van der Waals surface area contributed by atoms with Gasteiger partial charge in [-0.15, -0.1) is 0 Å². The highest BCUT2D eigenvalue weighted by Gasteiger charge is 2.37. The van der Waals surface area contributed by atoms with Gasteiger partial charge in [-0.3, -0.25) is 9.59 Å². The van der Waals surface area contributed by atoms with E-state index in [2.05, 4.69) is 0 Å². The molecule has 1 aromatic rings. The fourth-order valence-electron chi connectivity index (χ4n) is 2.99. The highest BCUT2D eigenvalue weighted by molar-refractivity contribution is 6.06. The predicted molar refractivity (Wildman–Crippen MR) is 70.5 cm³/mol. The number of rotatable bonds is 2. The van der Waals surface area contributed by atoms with E-state index in [-0.39, 0.29) is 17.6 Å². The van der Waals surface area contributed by atoms with E-state index in [0.717, 1.165) is 31.5 Å². The van der Waals surface area contributed by atoms with Crippen molar-refractivity contribution in [1.82, 2.24) is 4.90 Å². The first-order valence-electron chi connectivity index (χ1n) is 6.70. The SMILES string of the molecule is COc1ccc2c(c1)C(C(=O)N1CCCC1)CC2=O. The van der Waals surface area contributed by atoms with Crippen LogP contribution < -0.4 is 4.74 Å². The summed E-state index contributed by atoms with van der Waals surface area (Å²) in [6, 6.07) is 5.38. The molecule has 1 heterocycles. The molecule has 4 heteroatoms. The number of hydrogen-bond acceptors (Lipinski definition) is 3. The second-order valence-corrected chi connectivity index (χ2v) is 5.17. The smallest absolute Gasteiger partial charge is 0.230 e. The van der Waals surface area contributed by atoms with Gasteiger partial charge in [-0.05, 0) is 36.6 Å². The highest BCUT2D eigenvalue weighted by Crippen LogP contribution is 2.37. The number of ketones is 1. The van der Waals surface area contributed by atoms with Gasteiger partial charge in [0.1, 0.15) is 5.75 Å². The Morgan fingerprint density at radius 2 is 2.05 bits per heavy atom. The molecule has 1 fully saturated rings. The fourth-order valence-corrected chi connectivity index (χ4v) is 2.99. The van der Waals surface area contributed by atoms with Gasteiger partial charge in [0.05, 0.1) is 13.0 Å². The number of carbonyl (C=O) groups excluding carboxylic acids is 2. The number of fused-ring (bicyclic) bond motifs is 1. The summed E-state index contributed by atoms with van der Waals surface area (Å²) in [6.45, 7) is 1.64. The summed E-state index contributed by atoms with van der Waals surface area (Å²) < 4.78 is 5.19. The summed E-state index contributed by atoms with van der Waals surface area (Å²) in [5.74, 6) is 0.552. The van der Waals surface area contributed by atoms with E-state index in [0.29, 0.717) is 17.7 Å². The lowest BCUT2D eigenvalue weighted by Gasteiger charge is -2.20. The van der Waals surface area contributed by atoms with E-state index in [1.807, 2.05) is 11.0 Å². The van der Waals surface area contributed by atoms with E-state index in [1.54, 1.807) is 19.2 Å². The Kier molecular flexibility index (Phi) is 3.01. The van der Waals surface area contributed by atoms with Crippen LogP contribution in [0, 0.1) is 0 Å². The van der Waals surface area contributed by atoms with Crippen molar-refractivity contribution in [2.75, 3.05) is 20.2 Å². The summed E-state index contributed by atoms with van der Waals surface area (Å²) in [5.41, 5.74) is 1.51. The first-order valence-corrected chi connectivity index (χ1v) is 6.70. The van der Waals surface area contributed by atoms with Crippen LogP contribution in [0.1, 0.15) is 41.1 Å². The van der Waals surface area contributed by atoms with E-state index in [1.165, 1.54) is 0 Å². The van der Waals surface area contributed by atoms with Gasteiger partial charge in [0.2, 0.25) is 5.91 Å². The molecular weight excluding hydrogens is 242 g/mol. The molecule has 0 bridgehead atoms. The van der Waals surface area contributed by atoms with Gasteiger partial charge < -0.3 is 9.64 Å². The standard InChI is InChI=1S/C15H17NO3/c1-19-10-4-5-11-12(8-10)13(9-14(11)17)15(18)16-6-2-3-7-16/h4-5,8,13H,2-3,6-7,9H2,1H3. The van der Waals surface area contributed by atoms with Crippen LogP contribution in [0.3, 0.4) is 0 Å². The van der Waals surface area contributed by atoms with E-state index >= 15 is 0 Å². The first kappa shape index (κ1) is 12.2. The van der Waals surface area contributed by atoms with Crippen LogP contribution in [0.25, 0.3) is 0 Å². The Morgan fingerprint density at radius 3 is 2.74 bits per heavy atom. The molecule has 1 aliphatic heterocycles. The second kappa shape index (κ2) is 4.68. The third-order valence-electron chi connectivity index (χ3n) is 4.04. The average Bonchev–Trinajstić information content (AvgIpc) is 3.06. The Hall–Kier alpha value is -1.84. The van der Waals surface area contributed by atoms with Crippen LogP contribution in [0.2, 0.25) is 0 Å². The maximum Gasteiger partial charge on any atom is 0.230 e. The van der Waals surface area contributed by atoms with Crippen molar-refractivity contribution in [2.45, 2.75) is 25.2 Å². The minimum atomic E-state index is -0.310. The normalized spacial score (nSPS) is 21.6. The van der Waals surface area contributed by atoms with E-state index in [9.17, 15) is 9.59 Å². The van der Waals surface area contributed by atoms with Crippen LogP contribution in [0.15, 0.2) is 18.2 Å². The third kappa shape index (κ3) is 2.01. The lowest BCUT2D eigenvalue weighted by atomic mass is 9.99. The number of benzene rings is 1. The molecule has 1 aromatic carbocycles. The van der Waals surface area contributed by atoms with Crippen molar-refractivity contribution in [1.29, 1.82) is 0 Å². The molecule has 2 aliphatic rings. The first-order chi connectivity index (χ1) is 9.20. The molecule has 4 nitrogen and oxygen atoms in total. The van der Waals surface area contributed by atoms with Crippen molar-refractivity contribution in [3.8, 4) is 5.75 Å². The summed E-state index contributed by atoms with van der Waals surface area (Å²) in [4.78, 5) is 26.4. The van der Waals surface area contributed by atoms with Crippen molar-refractivity contribution < 1.29 is 14.3 Å². The van der Waals surface area contributed by atoms with Gasteiger partial charge in [0, 0.05) is 25.1 Å². The Bertz CT molecular complexity index is 532. The molecule has 19 heavy (non-hydrogen) atoms. The summed E-state index contributed by atoms with van der Waals surface area (Å²) in [5, 5.41) is 0. The predicted octanol–water partition coefficient (Wildman–Crippen LogP) is 1.99. The number of ether oxygens (including phenoxy) is 1. The fraction of sp³-hybridized carbons (Fsp3) is 0.467. The minimum absolute atomic E-state index is 0.0650. The zero-order chi connectivity index (χ0) is 13.4. The molecule has 1 atom stereocenters. The van der Waals surface area contributed by atoms with Gasteiger partial charge in [-0.1, -0.05) is 0 Å². The zero-order valence-electron chi connectivity index (χ0n) is 11.0. The molecule has 100 valence electrons. The van der Waals surface area contributed by atoms with E-state index in [4.69, 9.17) is 4.74 Å². The number of amides is 1. The number of carbonyl (C=O) groups is 2. The molecule has 0 saturated carbocycles.